The molecular weight excluding hydrogens is 334 g/mol. The van der Waals surface area contributed by atoms with Crippen molar-refractivity contribution >= 4 is 17.0 Å². The number of aromatic nitrogens is 2. The van der Waals surface area contributed by atoms with E-state index in [1.165, 1.54) is 10.9 Å². The van der Waals surface area contributed by atoms with Crippen molar-refractivity contribution in [1.82, 2.24) is 14.5 Å². The van der Waals surface area contributed by atoms with Gasteiger partial charge in [0.2, 0.25) is 5.71 Å². The molecule has 7 heteroatoms. The molecule has 3 heterocycles. The van der Waals surface area contributed by atoms with Gasteiger partial charge in [-0.25, -0.2) is 4.98 Å². The van der Waals surface area contributed by atoms with Gasteiger partial charge in [0.1, 0.15) is 23.2 Å². The number of furan rings is 2. The summed E-state index contributed by atoms with van der Waals surface area (Å²) in [5.41, 5.74) is 0.241. The summed E-state index contributed by atoms with van der Waals surface area (Å²) in [4.78, 5) is 32.0. The van der Waals surface area contributed by atoms with Crippen LogP contribution in [0, 0.1) is 6.92 Å². The lowest BCUT2D eigenvalue weighted by atomic mass is 10.1. The van der Waals surface area contributed by atoms with Gasteiger partial charge < -0.3 is 18.3 Å². The van der Waals surface area contributed by atoms with E-state index in [0.717, 1.165) is 31.4 Å². The Kier molecular flexibility index (Phi) is 4.14. The summed E-state index contributed by atoms with van der Waals surface area (Å²) < 4.78 is 12.4. The molecule has 3 aromatic heterocycles. The molecule has 4 rings (SSSR count). The molecule has 26 heavy (non-hydrogen) atoms. The molecule has 136 valence electrons. The van der Waals surface area contributed by atoms with Crippen molar-refractivity contribution in [3.8, 4) is 0 Å². The van der Waals surface area contributed by atoms with Crippen LogP contribution in [0.4, 0.5) is 0 Å². The fraction of sp³-hybridized carbons (Fsp3) is 0.421. The van der Waals surface area contributed by atoms with Gasteiger partial charge in [0, 0.05) is 13.1 Å². The van der Waals surface area contributed by atoms with Crippen molar-refractivity contribution in [2.45, 2.75) is 45.2 Å². The van der Waals surface area contributed by atoms with Crippen LogP contribution in [0.2, 0.25) is 0 Å². The van der Waals surface area contributed by atoms with Crippen molar-refractivity contribution in [2.24, 2.45) is 7.05 Å². The van der Waals surface area contributed by atoms with Crippen LogP contribution in [-0.4, -0.2) is 26.4 Å². The third-order valence-corrected chi connectivity index (χ3v) is 5.09. The maximum Gasteiger partial charge on any atom is 0.265 e. The first-order valence-electron chi connectivity index (χ1n) is 8.84. The van der Waals surface area contributed by atoms with E-state index in [-0.39, 0.29) is 28.6 Å². The first kappa shape index (κ1) is 16.6. The minimum absolute atomic E-state index is 0.137. The third kappa shape index (κ3) is 2.73. The van der Waals surface area contributed by atoms with Crippen LogP contribution in [0.3, 0.4) is 0 Å². The molecule has 0 unspecified atom stereocenters. The molecule has 1 aliphatic rings. The molecule has 1 aliphatic carbocycles. The van der Waals surface area contributed by atoms with Crippen LogP contribution in [0.25, 0.3) is 11.1 Å². The molecule has 0 saturated heterocycles. The van der Waals surface area contributed by atoms with Gasteiger partial charge in [-0.05, 0) is 31.9 Å². The van der Waals surface area contributed by atoms with Crippen molar-refractivity contribution in [3.63, 3.8) is 0 Å². The van der Waals surface area contributed by atoms with Crippen molar-refractivity contribution < 1.29 is 13.6 Å². The summed E-state index contributed by atoms with van der Waals surface area (Å²) in [6.45, 7) is 2.08. The van der Waals surface area contributed by atoms with Crippen LogP contribution in [0.1, 0.15) is 47.6 Å². The Labute approximate surface area is 150 Å². The molecule has 0 aromatic carbocycles. The number of hydrogen-bond donors (Lipinski definition) is 0. The molecule has 0 N–H and O–H groups in total. The fourth-order valence-corrected chi connectivity index (χ4v) is 3.74. The Bertz CT molecular complexity index is 994. The number of aryl methyl sites for hydroxylation is 2. The summed E-state index contributed by atoms with van der Waals surface area (Å²) in [6, 6.07) is 3.80. The average Bonchev–Trinajstić information content (AvgIpc) is 3.36. The first-order valence-corrected chi connectivity index (χ1v) is 8.84. The van der Waals surface area contributed by atoms with Crippen LogP contribution in [0.5, 0.6) is 0 Å². The predicted molar refractivity (Wildman–Crippen MR) is 94.8 cm³/mol. The summed E-state index contributed by atoms with van der Waals surface area (Å²) in [5.74, 6) is 0.944. The molecular formula is C19H21N3O4. The SMILES string of the molecule is Cc1oc2ncn(C)c(=O)c2c1C(=O)N(Cc1ccco1)C1CCCC1. The maximum absolute atomic E-state index is 13.5. The average molecular weight is 355 g/mol. The van der Waals surface area contributed by atoms with Crippen molar-refractivity contribution in [3.05, 3.63) is 52.2 Å². The fourth-order valence-electron chi connectivity index (χ4n) is 3.74. The maximum atomic E-state index is 13.5. The lowest BCUT2D eigenvalue weighted by molar-refractivity contribution is 0.0649. The largest absolute Gasteiger partial charge is 0.467 e. The highest BCUT2D eigenvalue weighted by atomic mass is 16.3. The summed E-state index contributed by atoms with van der Waals surface area (Å²) in [5, 5.41) is 0.250. The summed E-state index contributed by atoms with van der Waals surface area (Å²) in [7, 11) is 1.61. The van der Waals surface area contributed by atoms with E-state index in [0.29, 0.717) is 17.9 Å². The standard InChI is InChI=1S/C19H21N3O4/c1-12-15(16-17(26-12)20-11-21(2)18(16)23)19(24)22(13-6-3-4-7-13)10-14-8-5-9-25-14/h5,8-9,11,13H,3-4,6-7,10H2,1-2H3. The number of carbonyl (C=O) groups excluding carboxylic acids is 1. The predicted octanol–water partition coefficient (Wildman–Crippen LogP) is 3.01. The molecule has 0 bridgehead atoms. The lowest BCUT2D eigenvalue weighted by Gasteiger charge is -2.28. The highest BCUT2D eigenvalue weighted by molar-refractivity contribution is 6.06. The Hall–Kier alpha value is -2.83. The van der Waals surface area contributed by atoms with E-state index >= 15 is 0 Å². The van der Waals surface area contributed by atoms with Gasteiger partial charge in [0.15, 0.2) is 0 Å². The summed E-state index contributed by atoms with van der Waals surface area (Å²) >= 11 is 0. The number of hydrogen-bond acceptors (Lipinski definition) is 5. The van der Waals surface area contributed by atoms with Gasteiger partial charge >= 0.3 is 0 Å². The molecule has 3 aromatic rings. The van der Waals surface area contributed by atoms with Gasteiger partial charge in [-0.1, -0.05) is 12.8 Å². The molecule has 0 spiro atoms. The molecule has 7 nitrogen and oxygen atoms in total. The Balaban J connectivity index is 1.80. The second-order valence-corrected chi connectivity index (χ2v) is 6.82. The van der Waals surface area contributed by atoms with Gasteiger partial charge in [-0.3, -0.25) is 9.59 Å². The number of carbonyl (C=O) groups is 1. The van der Waals surface area contributed by atoms with E-state index in [9.17, 15) is 9.59 Å². The second-order valence-electron chi connectivity index (χ2n) is 6.82. The third-order valence-electron chi connectivity index (χ3n) is 5.09. The van der Waals surface area contributed by atoms with Gasteiger partial charge in [0.05, 0.1) is 18.4 Å². The zero-order valence-electron chi connectivity index (χ0n) is 14.9. The number of rotatable bonds is 4. The van der Waals surface area contributed by atoms with E-state index in [4.69, 9.17) is 8.83 Å². The number of fused-ring (bicyclic) bond motifs is 1. The Morgan fingerprint density at radius 2 is 2.15 bits per heavy atom. The quantitative estimate of drug-likeness (QED) is 0.718. The highest BCUT2D eigenvalue weighted by Crippen LogP contribution is 2.29. The first-order chi connectivity index (χ1) is 12.6. The normalized spacial score (nSPS) is 15.0. The molecule has 1 saturated carbocycles. The number of amides is 1. The minimum Gasteiger partial charge on any atom is -0.467 e. The number of nitrogens with zero attached hydrogens (tertiary/aromatic N) is 3. The molecule has 0 radical (unpaired) electrons. The topological polar surface area (TPSA) is 81.5 Å². The zero-order valence-corrected chi connectivity index (χ0v) is 14.9. The zero-order chi connectivity index (χ0) is 18.3. The Morgan fingerprint density at radius 1 is 1.38 bits per heavy atom. The van der Waals surface area contributed by atoms with Crippen molar-refractivity contribution in [1.29, 1.82) is 0 Å². The second kappa shape index (κ2) is 6.48. The van der Waals surface area contributed by atoms with Gasteiger partial charge in [-0.15, -0.1) is 0 Å². The Morgan fingerprint density at radius 3 is 2.85 bits per heavy atom. The van der Waals surface area contributed by atoms with Gasteiger partial charge in [-0.2, -0.15) is 0 Å². The van der Waals surface area contributed by atoms with E-state index in [2.05, 4.69) is 4.98 Å². The molecule has 0 atom stereocenters. The van der Waals surface area contributed by atoms with Gasteiger partial charge in [0.25, 0.3) is 11.5 Å². The van der Waals surface area contributed by atoms with Crippen LogP contribution < -0.4 is 5.56 Å². The molecule has 1 fully saturated rings. The van der Waals surface area contributed by atoms with E-state index in [1.807, 2.05) is 17.0 Å². The minimum atomic E-state index is -0.278. The van der Waals surface area contributed by atoms with E-state index in [1.54, 1.807) is 20.2 Å². The van der Waals surface area contributed by atoms with Crippen LogP contribution in [-0.2, 0) is 13.6 Å². The van der Waals surface area contributed by atoms with Crippen molar-refractivity contribution in [2.75, 3.05) is 0 Å². The molecule has 1 amide bonds. The smallest absolute Gasteiger partial charge is 0.265 e. The monoisotopic (exact) mass is 355 g/mol. The molecule has 0 aliphatic heterocycles. The van der Waals surface area contributed by atoms with Crippen LogP contribution >= 0.6 is 0 Å². The lowest BCUT2D eigenvalue weighted by Crippen LogP contribution is -2.39. The van der Waals surface area contributed by atoms with Crippen LogP contribution in [0.15, 0.2) is 38.4 Å². The summed E-state index contributed by atoms with van der Waals surface area (Å²) in [6.07, 6.45) is 7.11. The van der Waals surface area contributed by atoms with E-state index < -0.39 is 0 Å². The highest BCUT2D eigenvalue weighted by Gasteiger charge is 2.32.